The number of hydrogen-bond donors (Lipinski definition) is 0. The minimum absolute atomic E-state index is 0.125. The number of carbonyl (C=O) groups is 2. The molecule has 4 heteroatoms. The third-order valence-corrected chi connectivity index (χ3v) is 6.89. The first kappa shape index (κ1) is 17.1. The van der Waals surface area contributed by atoms with Crippen LogP contribution in [0.1, 0.15) is 60.0 Å². The van der Waals surface area contributed by atoms with Crippen LogP contribution in [0.4, 0.5) is 0 Å². The van der Waals surface area contributed by atoms with Gasteiger partial charge in [0, 0.05) is 10.4 Å². The fourth-order valence-corrected chi connectivity index (χ4v) is 6.48. The van der Waals surface area contributed by atoms with E-state index in [1.165, 1.54) is 6.42 Å². The maximum Gasteiger partial charge on any atom is 0.312 e. The molecule has 0 N–H and O–H groups in total. The van der Waals surface area contributed by atoms with Crippen LogP contribution in [0.5, 0.6) is 0 Å². The van der Waals surface area contributed by atoms with Gasteiger partial charge in [-0.05, 0) is 75.8 Å². The summed E-state index contributed by atoms with van der Waals surface area (Å²) < 4.78 is 5.54. The molecule has 25 heavy (non-hydrogen) atoms. The summed E-state index contributed by atoms with van der Waals surface area (Å²) >= 11 is 6.79. The topological polar surface area (TPSA) is 43.4 Å². The number of rotatable bonds is 4. The molecule has 0 aliphatic heterocycles. The van der Waals surface area contributed by atoms with Crippen molar-refractivity contribution in [2.75, 3.05) is 6.61 Å². The molecule has 4 saturated carbocycles. The molecule has 0 amide bonds. The standard InChI is InChI=1S/C21H25ClO3/c1-13-3-4-14(2)17(5-13)18(23)11-25-19(24)20-7-15-6-16(8-20)10-21(22,9-15)12-20/h3-5,15-16H,6-12H2,1-2H3/t15-,16+,20?,21?. The van der Waals surface area contributed by atoms with Crippen LogP contribution in [0.15, 0.2) is 18.2 Å². The first-order valence-corrected chi connectivity index (χ1v) is 9.63. The van der Waals surface area contributed by atoms with Gasteiger partial charge in [-0.3, -0.25) is 9.59 Å². The molecule has 4 bridgehead atoms. The van der Waals surface area contributed by atoms with Crippen molar-refractivity contribution >= 4 is 23.4 Å². The van der Waals surface area contributed by atoms with E-state index in [0.717, 1.165) is 36.8 Å². The smallest absolute Gasteiger partial charge is 0.312 e. The van der Waals surface area contributed by atoms with Gasteiger partial charge in [0.1, 0.15) is 0 Å². The Kier molecular flexibility index (Phi) is 3.99. The normalized spacial score (nSPS) is 35.6. The van der Waals surface area contributed by atoms with E-state index in [1.54, 1.807) is 0 Å². The summed E-state index contributed by atoms with van der Waals surface area (Å²) in [4.78, 5) is 25.2. The highest BCUT2D eigenvalue weighted by Crippen LogP contribution is 2.64. The number of aryl methyl sites for hydroxylation is 2. The van der Waals surface area contributed by atoms with Gasteiger partial charge < -0.3 is 4.74 Å². The SMILES string of the molecule is Cc1ccc(C)c(C(=O)COC(=O)C23C[C@@H]4C[C@@H](CC(Cl)(C4)C2)C3)c1. The second kappa shape index (κ2) is 5.84. The molecule has 0 aromatic heterocycles. The van der Waals surface area contributed by atoms with Crippen molar-refractivity contribution in [1.82, 2.24) is 0 Å². The van der Waals surface area contributed by atoms with Crippen LogP contribution in [0.3, 0.4) is 0 Å². The molecule has 5 rings (SSSR count). The molecular formula is C21H25ClO3. The van der Waals surface area contributed by atoms with Crippen molar-refractivity contribution in [2.24, 2.45) is 17.3 Å². The number of alkyl halides is 1. The molecule has 2 unspecified atom stereocenters. The Morgan fingerprint density at radius 3 is 2.48 bits per heavy atom. The van der Waals surface area contributed by atoms with Crippen LogP contribution in [0, 0.1) is 31.1 Å². The molecule has 1 aromatic carbocycles. The summed E-state index contributed by atoms with van der Waals surface area (Å²) in [6.45, 7) is 3.69. The van der Waals surface area contributed by atoms with Crippen LogP contribution in [-0.2, 0) is 9.53 Å². The van der Waals surface area contributed by atoms with E-state index < -0.39 is 5.41 Å². The number of carbonyl (C=O) groups excluding carboxylic acids is 2. The Morgan fingerprint density at radius 2 is 1.84 bits per heavy atom. The quantitative estimate of drug-likeness (QED) is 0.447. The zero-order chi connectivity index (χ0) is 17.8. The maximum absolute atomic E-state index is 12.9. The lowest BCUT2D eigenvalue weighted by molar-refractivity contribution is -0.168. The first-order chi connectivity index (χ1) is 11.8. The van der Waals surface area contributed by atoms with Crippen molar-refractivity contribution in [3.05, 3.63) is 34.9 Å². The van der Waals surface area contributed by atoms with Gasteiger partial charge >= 0.3 is 5.97 Å². The Hall–Kier alpha value is -1.35. The van der Waals surface area contributed by atoms with E-state index in [0.29, 0.717) is 23.8 Å². The molecule has 3 nitrogen and oxygen atoms in total. The van der Waals surface area contributed by atoms with Crippen LogP contribution >= 0.6 is 11.6 Å². The lowest BCUT2D eigenvalue weighted by atomic mass is 9.49. The molecular weight excluding hydrogens is 336 g/mol. The number of ether oxygens (including phenoxy) is 1. The molecule has 0 heterocycles. The van der Waals surface area contributed by atoms with Crippen molar-refractivity contribution in [2.45, 2.75) is 57.2 Å². The second-order valence-corrected chi connectivity index (χ2v) is 9.51. The average Bonchev–Trinajstić information content (AvgIpc) is 2.52. The van der Waals surface area contributed by atoms with E-state index in [4.69, 9.17) is 16.3 Å². The number of hydrogen-bond acceptors (Lipinski definition) is 3. The molecule has 0 saturated heterocycles. The van der Waals surface area contributed by atoms with E-state index >= 15 is 0 Å². The maximum atomic E-state index is 12.9. The van der Waals surface area contributed by atoms with Crippen molar-refractivity contribution in [3.63, 3.8) is 0 Å². The Morgan fingerprint density at radius 1 is 1.16 bits per heavy atom. The highest BCUT2D eigenvalue weighted by molar-refractivity contribution is 6.24. The summed E-state index contributed by atoms with van der Waals surface area (Å²) in [5.41, 5.74) is 2.15. The van der Waals surface area contributed by atoms with E-state index in [9.17, 15) is 9.59 Å². The van der Waals surface area contributed by atoms with Gasteiger partial charge in [-0.15, -0.1) is 11.6 Å². The summed E-state index contributed by atoms with van der Waals surface area (Å²) in [6, 6.07) is 5.78. The second-order valence-electron chi connectivity index (χ2n) is 8.71. The Labute approximate surface area is 154 Å². The zero-order valence-electron chi connectivity index (χ0n) is 14.9. The lowest BCUT2D eigenvalue weighted by Gasteiger charge is -2.58. The van der Waals surface area contributed by atoms with Gasteiger partial charge in [-0.25, -0.2) is 0 Å². The number of ketones is 1. The van der Waals surface area contributed by atoms with Gasteiger partial charge in [-0.2, -0.15) is 0 Å². The summed E-state index contributed by atoms with van der Waals surface area (Å²) in [5, 5.41) is 0. The highest BCUT2D eigenvalue weighted by atomic mass is 35.5. The summed E-state index contributed by atoms with van der Waals surface area (Å²) in [7, 11) is 0. The van der Waals surface area contributed by atoms with Crippen molar-refractivity contribution in [1.29, 1.82) is 0 Å². The van der Waals surface area contributed by atoms with Crippen molar-refractivity contribution in [3.8, 4) is 0 Å². The molecule has 4 atom stereocenters. The molecule has 4 aliphatic carbocycles. The summed E-state index contributed by atoms with van der Waals surface area (Å²) in [6.07, 6.45) is 5.74. The van der Waals surface area contributed by atoms with Crippen LogP contribution in [0.2, 0.25) is 0 Å². The van der Waals surface area contributed by atoms with Crippen LogP contribution < -0.4 is 0 Å². The third kappa shape index (κ3) is 3.01. The fraction of sp³-hybridized carbons (Fsp3) is 0.619. The fourth-order valence-electron chi connectivity index (χ4n) is 5.79. The predicted octanol–water partition coefficient (Wildman–Crippen LogP) is 4.61. The molecule has 0 spiro atoms. The molecule has 4 aliphatic rings. The monoisotopic (exact) mass is 360 g/mol. The van der Waals surface area contributed by atoms with Gasteiger partial charge in [-0.1, -0.05) is 17.7 Å². The average molecular weight is 361 g/mol. The van der Waals surface area contributed by atoms with E-state index in [1.807, 2.05) is 32.0 Å². The number of halogens is 1. The Bertz CT molecular complexity index is 725. The number of Topliss-reactive ketones (excluding diaryl/α,β-unsaturated/α-hetero) is 1. The van der Waals surface area contributed by atoms with Crippen LogP contribution in [0.25, 0.3) is 0 Å². The summed E-state index contributed by atoms with van der Waals surface area (Å²) in [5.74, 6) is 0.757. The highest BCUT2D eigenvalue weighted by Gasteiger charge is 2.60. The molecule has 4 fully saturated rings. The van der Waals surface area contributed by atoms with E-state index in [-0.39, 0.29) is 23.2 Å². The lowest BCUT2D eigenvalue weighted by Crippen LogP contribution is -2.56. The minimum Gasteiger partial charge on any atom is -0.457 e. The van der Waals surface area contributed by atoms with Crippen LogP contribution in [-0.4, -0.2) is 23.2 Å². The van der Waals surface area contributed by atoms with Gasteiger partial charge in [0.05, 0.1) is 5.41 Å². The molecule has 134 valence electrons. The van der Waals surface area contributed by atoms with E-state index in [2.05, 4.69) is 0 Å². The minimum atomic E-state index is -0.451. The third-order valence-electron chi connectivity index (χ3n) is 6.45. The largest absolute Gasteiger partial charge is 0.457 e. The van der Waals surface area contributed by atoms with Gasteiger partial charge in [0.15, 0.2) is 6.61 Å². The van der Waals surface area contributed by atoms with Gasteiger partial charge in [0.25, 0.3) is 0 Å². The van der Waals surface area contributed by atoms with Crippen molar-refractivity contribution < 1.29 is 14.3 Å². The molecule has 0 radical (unpaired) electrons. The first-order valence-electron chi connectivity index (χ1n) is 9.25. The molecule has 1 aromatic rings. The number of esters is 1. The number of benzene rings is 1. The zero-order valence-corrected chi connectivity index (χ0v) is 15.7. The van der Waals surface area contributed by atoms with Gasteiger partial charge in [0.2, 0.25) is 5.78 Å². The predicted molar refractivity (Wildman–Crippen MR) is 96.9 cm³/mol. The Balaban J connectivity index is 1.46.